The number of benzene rings is 1. The third kappa shape index (κ3) is 3.46. The van der Waals surface area contributed by atoms with Gasteiger partial charge in [-0.1, -0.05) is 40.5 Å². The molecule has 2 rings (SSSR count). The Bertz CT molecular complexity index is 491. The van der Waals surface area contributed by atoms with E-state index in [9.17, 15) is 0 Å². The van der Waals surface area contributed by atoms with E-state index >= 15 is 0 Å². The lowest BCUT2D eigenvalue weighted by atomic mass is 10.2. The first-order valence-electron chi connectivity index (χ1n) is 4.89. The average Bonchev–Trinajstić information content (AvgIpc) is 2.80. The van der Waals surface area contributed by atoms with Crippen LogP contribution in [0.4, 0.5) is 0 Å². The fourth-order valence-corrected chi connectivity index (χ4v) is 2.31. The van der Waals surface area contributed by atoms with Gasteiger partial charge in [-0.25, -0.2) is 0 Å². The smallest absolute Gasteiger partial charge is 0.145 e. The molecule has 1 aromatic heterocycles. The van der Waals surface area contributed by atoms with Crippen LogP contribution in [0.15, 0.2) is 40.9 Å². The van der Waals surface area contributed by atoms with Crippen LogP contribution < -0.4 is 0 Å². The zero-order chi connectivity index (χ0) is 12.1. The number of hydrogen-bond acceptors (Lipinski definition) is 3. The second-order valence-electron chi connectivity index (χ2n) is 3.22. The molecule has 0 radical (unpaired) electrons. The fraction of sp³-hybridized carbons (Fsp3) is 0.0833. The third-order valence-corrected chi connectivity index (χ3v) is 3.58. The Morgan fingerprint density at radius 1 is 1.18 bits per heavy atom. The first-order valence-corrected chi connectivity index (χ1v) is 6.52. The van der Waals surface area contributed by atoms with Crippen LogP contribution in [0.25, 0.3) is 0 Å². The van der Waals surface area contributed by atoms with Crippen molar-refractivity contribution in [3.63, 3.8) is 0 Å². The Morgan fingerprint density at radius 2 is 1.94 bits per heavy atom. The van der Waals surface area contributed by atoms with Crippen LogP contribution in [0.5, 0.6) is 0 Å². The van der Waals surface area contributed by atoms with E-state index in [4.69, 9.17) is 28.0 Å². The molecule has 0 atom stereocenters. The predicted octanol–water partition coefficient (Wildman–Crippen LogP) is 4.61. The fourth-order valence-electron chi connectivity index (χ4n) is 1.23. The third-order valence-electron chi connectivity index (χ3n) is 2.07. The normalized spacial score (nSPS) is 10.9. The Morgan fingerprint density at radius 3 is 2.59 bits per heavy atom. The van der Waals surface area contributed by atoms with Crippen LogP contribution in [-0.2, 0) is 11.4 Å². The van der Waals surface area contributed by atoms with Crippen molar-refractivity contribution < 1.29 is 4.84 Å². The minimum absolute atomic E-state index is 0.264. The van der Waals surface area contributed by atoms with Gasteiger partial charge in [0.1, 0.15) is 6.61 Å². The Balaban J connectivity index is 1.94. The quantitative estimate of drug-likeness (QED) is 0.594. The number of hydrogen-bond donors (Lipinski definition) is 0. The summed E-state index contributed by atoms with van der Waals surface area (Å²) in [5.41, 5.74) is 0.749. The molecule has 0 spiro atoms. The lowest BCUT2D eigenvalue weighted by molar-refractivity contribution is 0.132. The van der Waals surface area contributed by atoms with Crippen molar-refractivity contribution in [3.05, 3.63) is 56.2 Å². The van der Waals surface area contributed by atoms with E-state index in [-0.39, 0.29) is 6.61 Å². The van der Waals surface area contributed by atoms with Gasteiger partial charge >= 0.3 is 0 Å². The Hall–Kier alpha value is -1.03. The zero-order valence-electron chi connectivity index (χ0n) is 8.77. The molecule has 0 unspecified atom stereocenters. The monoisotopic (exact) mass is 285 g/mol. The molecule has 5 heteroatoms. The maximum atomic E-state index is 5.99. The van der Waals surface area contributed by atoms with Gasteiger partial charge in [0.15, 0.2) is 0 Å². The van der Waals surface area contributed by atoms with Crippen molar-refractivity contribution in [1.29, 1.82) is 0 Å². The summed E-state index contributed by atoms with van der Waals surface area (Å²) in [6.45, 7) is 0.264. The molecule has 0 aliphatic heterocycles. The van der Waals surface area contributed by atoms with E-state index in [1.54, 1.807) is 35.8 Å². The molecule has 0 bridgehead atoms. The summed E-state index contributed by atoms with van der Waals surface area (Å²) in [6.07, 6.45) is 1.66. The summed E-state index contributed by atoms with van der Waals surface area (Å²) < 4.78 is 0. The van der Waals surface area contributed by atoms with Crippen molar-refractivity contribution >= 4 is 40.8 Å². The minimum Gasteiger partial charge on any atom is -0.391 e. The largest absolute Gasteiger partial charge is 0.391 e. The van der Waals surface area contributed by atoms with Crippen LogP contribution in [0, 0.1) is 0 Å². The Labute approximate surface area is 113 Å². The van der Waals surface area contributed by atoms with Crippen LogP contribution in [0.3, 0.4) is 0 Å². The second-order valence-corrected chi connectivity index (χ2v) is 5.02. The molecule has 1 aromatic carbocycles. The maximum absolute atomic E-state index is 5.99. The van der Waals surface area contributed by atoms with Crippen LogP contribution >= 0.6 is 34.5 Å². The van der Waals surface area contributed by atoms with Crippen molar-refractivity contribution in [1.82, 2.24) is 0 Å². The van der Waals surface area contributed by atoms with Gasteiger partial charge in [0.2, 0.25) is 0 Å². The summed E-state index contributed by atoms with van der Waals surface area (Å²) in [5.74, 6) is 0. The van der Waals surface area contributed by atoms with E-state index in [1.807, 2.05) is 17.5 Å². The van der Waals surface area contributed by atoms with Crippen LogP contribution in [0.2, 0.25) is 10.0 Å². The van der Waals surface area contributed by atoms with Crippen LogP contribution in [0.1, 0.15) is 10.4 Å². The lowest BCUT2D eigenvalue weighted by Gasteiger charge is -2.04. The summed E-state index contributed by atoms with van der Waals surface area (Å²) in [4.78, 5) is 6.20. The van der Waals surface area contributed by atoms with Gasteiger partial charge in [-0.15, -0.1) is 11.3 Å². The number of thiophene rings is 1. The molecule has 0 aliphatic carbocycles. The first kappa shape index (κ1) is 12.4. The van der Waals surface area contributed by atoms with Gasteiger partial charge in [-0.05, 0) is 23.6 Å². The number of rotatable bonds is 4. The second kappa shape index (κ2) is 6.05. The first-order chi connectivity index (χ1) is 8.27. The van der Waals surface area contributed by atoms with Crippen molar-refractivity contribution in [2.24, 2.45) is 5.16 Å². The molecule has 2 aromatic rings. The van der Waals surface area contributed by atoms with Gasteiger partial charge < -0.3 is 4.84 Å². The van der Waals surface area contributed by atoms with E-state index in [2.05, 4.69) is 5.16 Å². The highest BCUT2D eigenvalue weighted by Gasteiger charge is 2.04. The lowest BCUT2D eigenvalue weighted by Crippen LogP contribution is -1.90. The molecule has 0 aliphatic rings. The molecule has 0 fully saturated rings. The summed E-state index contributed by atoms with van der Waals surface area (Å²) in [6, 6.07) is 9.25. The van der Waals surface area contributed by atoms with Crippen LogP contribution in [-0.4, -0.2) is 6.21 Å². The SMILES string of the molecule is Clc1cccc(Cl)c1CO/N=C\c1cccs1. The molecular weight excluding hydrogens is 277 g/mol. The highest BCUT2D eigenvalue weighted by Crippen LogP contribution is 2.24. The molecule has 17 heavy (non-hydrogen) atoms. The van der Waals surface area contributed by atoms with Gasteiger partial charge in [0, 0.05) is 20.5 Å². The van der Waals surface area contributed by atoms with Gasteiger partial charge in [-0.2, -0.15) is 0 Å². The summed E-state index contributed by atoms with van der Waals surface area (Å²) in [5, 5.41) is 7.01. The molecular formula is C12H9Cl2NOS. The molecule has 0 N–H and O–H groups in total. The standard InChI is InChI=1S/C12H9Cl2NOS/c13-11-4-1-5-12(14)10(11)8-16-15-7-9-3-2-6-17-9/h1-7H,8H2/b15-7-. The number of oxime groups is 1. The summed E-state index contributed by atoms with van der Waals surface area (Å²) >= 11 is 13.6. The molecule has 1 heterocycles. The van der Waals surface area contributed by atoms with Crippen molar-refractivity contribution in [2.75, 3.05) is 0 Å². The van der Waals surface area contributed by atoms with Gasteiger partial charge in [0.25, 0.3) is 0 Å². The van der Waals surface area contributed by atoms with Gasteiger partial charge in [0.05, 0.1) is 6.21 Å². The highest BCUT2D eigenvalue weighted by atomic mass is 35.5. The number of nitrogens with zero attached hydrogens (tertiary/aromatic N) is 1. The summed E-state index contributed by atoms with van der Waals surface area (Å²) in [7, 11) is 0. The van der Waals surface area contributed by atoms with Crippen molar-refractivity contribution in [2.45, 2.75) is 6.61 Å². The topological polar surface area (TPSA) is 21.6 Å². The molecule has 0 saturated heterocycles. The zero-order valence-corrected chi connectivity index (χ0v) is 11.1. The predicted molar refractivity (Wildman–Crippen MR) is 73.2 cm³/mol. The molecule has 0 amide bonds. The van der Waals surface area contributed by atoms with E-state index in [0.717, 1.165) is 10.4 Å². The van der Waals surface area contributed by atoms with E-state index in [1.165, 1.54) is 0 Å². The molecule has 2 nitrogen and oxygen atoms in total. The Kier molecular flexibility index (Phi) is 4.42. The average molecular weight is 286 g/mol. The van der Waals surface area contributed by atoms with Crippen molar-refractivity contribution in [3.8, 4) is 0 Å². The van der Waals surface area contributed by atoms with E-state index in [0.29, 0.717) is 10.0 Å². The molecule has 88 valence electrons. The maximum Gasteiger partial charge on any atom is 0.145 e. The molecule has 0 saturated carbocycles. The van der Waals surface area contributed by atoms with E-state index < -0.39 is 0 Å². The minimum atomic E-state index is 0.264. The highest BCUT2D eigenvalue weighted by molar-refractivity contribution is 7.11. The number of halogens is 2. The van der Waals surface area contributed by atoms with Gasteiger partial charge in [-0.3, -0.25) is 0 Å².